The van der Waals surface area contributed by atoms with Gasteiger partial charge in [0.1, 0.15) is 6.29 Å². The molecule has 0 saturated carbocycles. The summed E-state index contributed by atoms with van der Waals surface area (Å²) in [6, 6.07) is 8.39. The van der Waals surface area contributed by atoms with Crippen LogP contribution in [0.5, 0.6) is 0 Å². The summed E-state index contributed by atoms with van der Waals surface area (Å²) in [5.41, 5.74) is 6.37. The third kappa shape index (κ3) is 10.9. The standard InChI is InChI=1S/C23H38N4O2.C10H10O.C2H6/c1-5-6-21-17(2)20(15-24-21)18-9-13-27(14-10-18)22(16-25-23(28)29-4)19-7-11-26(3)12-8-19;1-9-4-2-5-10(8-9)6-3-7-11;1-2/h5-6,15,18-19,22,24H,7-14,16H2,1-4H3,(H,25,28);2-8H,1H3;1-2H3/b6-5-;6-3+;. The monoisotopic (exact) mass is 578 g/mol. The number of methoxy groups -OCH3 is 1. The molecule has 0 radical (unpaired) electrons. The number of piperidine rings is 2. The van der Waals surface area contributed by atoms with Crippen LogP contribution >= 0.6 is 0 Å². The van der Waals surface area contributed by atoms with Crippen molar-refractivity contribution >= 4 is 24.5 Å². The van der Waals surface area contributed by atoms with Crippen molar-refractivity contribution in [3.8, 4) is 0 Å². The van der Waals surface area contributed by atoms with E-state index in [9.17, 15) is 9.59 Å². The van der Waals surface area contributed by atoms with Crippen molar-refractivity contribution in [3.63, 3.8) is 0 Å². The number of aromatic amines is 1. The van der Waals surface area contributed by atoms with Gasteiger partial charge in [0, 0.05) is 24.5 Å². The Bertz CT molecular complexity index is 1120. The highest BCUT2D eigenvalue weighted by atomic mass is 16.5. The van der Waals surface area contributed by atoms with E-state index in [1.165, 1.54) is 61.3 Å². The summed E-state index contributed by atoms with van der Waals surface area (Å²) in [5, 5.41) is 2.98. The number of ether oxygens (including phenoxy) is 1. The number of amides is 1. The molecular weight excluding hydrogens is 524 g/mol. The van der Waals surface area contributed by atoms with Gasteiger partial charge in [-0.2, -0.15) is 0 Å². The number of H-pyrrole nitrogens is 1. The maximum Gasteiger partial charge on any atom is 0.406 e. The SMILES string of the molecule is C/C=C\c1[nH]cc(C2CCN(C(CNC(=O)OC)C3CCN(C)CC3)CC2)c1C.CC.Cc1cccc(/C=C/C=O)c1. The summed E-state index contributed by atoms with van der Waals surface area (Å²) >= 11 is 0. The smallest absolute Gasteiger partial charge is 0.406 e. The predicted octanol–water partition coefficient (Wildman–Crippen LogP) is 6.84. The Morgan fingerprint density at radius 1 is 1.10 bits per heavy atom. The Kier molecular flexibility index (Phi) is 15.9. The van der Waals surface area contributed by atoms with Crippen molar-refractivity contribution in [2.75, 3.05) is 46.9 Å². The number of allylic oxidation sites excluding steroid dienone is 2. The maximum atomic E-state index is 11.7. The van der Waals surface area contributed by atoms with E-state index in [1.807, 2.05) is 45.0 Å². The average molecular weight is 579 g/mol. The highest BCUT2D eigenvalue weighted by molar-refractivity contribution is 5.73. The third-order valence-corrected chi connectivity index (χ3v) is 8.35. The first-order chi connectivity index (χ1) is 20.4. The summed E-state index contributed by atoms with van der Waals surface area (Å²) in [7, 11) is 3.64. The van der Waals surface area contributed by atoms with Crippen LogP contribution in [0.3, 0.4) is 0 Å². The molecule has 1 unspecified atom stereocenters. The minimum atomic E-state index is -0.322. The number of aldehydes is 1. The van der Waals surface area contributed by atoms with E-state index >= 15 is 0 Å². The van der Waals surface area contributed by atoms with Gasteiger partial charge < -0.3 is 19.9 Å². The highest BCUT2D eigenvalue weighted by Gasteiger charge is 2.33. The van der Waals surface area contributed by atoms with E-state index in [1.54, 1.807) is 6.08 Å². The van der Waals surface area contributed by atoms with Crippen LogP contribution in [0, 0.1) is 19.8 Å². The molecule has 1 aromatic heterocycles. The number of carbonyl (C=O) groups is 2. The van der Waals surface area contributed by atoms with Crippen LogP contribution in [0.15, 0.2) is 42.6 Å². The van der Waals surface area contributed by atoms with Gasteiger partial charge in [0.25, 0.3) is 0 Å². The van der Waals surface area contributed by atoms with Crippen molar-refractivity contribution in [3.05, 3.63) is 70.6 Å². The topological polar surface area (TPSA) is 77.7 Å². The van der Waals surface area contributed by atoms with Gasteiger partial charge in [0.05, 0.1) is 7.11 Å². The molecule has 1 atom stereocenters. The van der Waals surface area contributed by atoms with Gasteiger partial charge in [-0.25, -0.2) is 4.79 Å². The number of hydrogen-bond acceptors (Lipinski definition) is 5. The van der Waals surface area contributed by atoms with Crippen LogP contribution in [0.1, 0.15) is 80.3 Å². The summed E-state index contributed by atoms with van der Waals surface area (Å²) < 4.78 is 4.82. The van der Waals surface area contributed by atoms with E-state index in [0.29, 0.717) is 24.4 Å². The zero-order valence-electron chi connectivity index (χ0n) is 27.0. The van der Waals surface area contributed by atoms with Crippen LogP contribution < -0.4 is 5.32 Å². The van der Waals surface area contributed by atoms with Gasteiger partial charge in [-0.15, -0.1) is 0 Å². The van der Waals surface area contributed by atoms with Gasteiger partial charge >= 0.3 is 6.09 Å². The Hall–Kier alpha value is -3.16. The van der Waals surface area contributed by atoms with Crippen molar-refractivity contribution < 1.29 is 14.3 Å². The van der Waals surface area contributed by atoms with Gasteiger partial charge in [0.2, 0.25) is 0 Å². The third-order valence-electron chi connectivity index (χ3n) is 8.35. The number of likely N-dealkylation sites (tertiary alicyclic amines) is 2. The van der Waals surface area contributed by atoms with E-state index in [4.69, 9.17) is 4.74 Å². The normalized spacial score (nSPS) is 17.7. The van der Waals surface area contributed by atoms with Gasteiger partial charge in [-0.3, -0.25) is 9.69 Å². The molecule has 1 amide bonds. The Labute approximate surface area is 254 Å². The first-order valence-electron chi connectivity index (χ1n) is 15.6. The number of aryl methyl sites for hydroxylation is 1. The quantitative estimate of drug-likeness (QED) is 0.265. The second kappa shape index (κ2) is 19.1. The van der Waals surface area contributed by atoms with Crippen molar-refractivity contribution in [2.24, 2.45) is 5.92 Å². The zero-order chi connectivity index (χ0) is 30.9. The van der Waals surface area contributed by atoms with E-state index in [-0.39, 0.29) is 6.09 Å². The molecule has 2 aliphatic rings. The Morgan fingerprint density at radius 2 is 1.79 bits per heavy atom. The van der Waals surface area contributed by atoms with Gasteiger partial charge in [0.15, 0.2) is 0 Å². The van der Waals surface area contributed by atoms with Crippen LogP contribution in [0.2, 0.25) is 0 Å². The number of alkyl carbamates (subject to hydrolysis) is 1. The number of hydrogen-bond donors (Lipinski definition) is 2. The zero-order valence-corrected chi connectivity index (χ0v) is 27.0. The minimum absolute atomic E-state index is 0.322. The number of nitrogens with zero attached hydrogens (tertiary/aromatic N) is 2. The second-order valence-electron chi connectivity index (χ2n) is 11.1. The molecule has 4 rings (SSSR count). The molecule has 2 fully saturated rings. The molecule has 2 aliphatic heterocycles. The summed E-state index contributed by atoms with van der Waals surface area (Å²) in [4.78, 5) is 30.1. The first-order valence-corrected chi connectivity index (χ1v) is 15.6. The lowest BCUT2D eigenvalue weighted by Gasteiger charge is -2.43. The molecule has 232 valence electrons. The van der Waals surface area contributed by atoms with Crippen molar-refractivity contribution in [1.82, 2.24) is 20.1 Å². The fourth-order valence-corrected chi connectivity index (χ4v) is 6.02. The number of rotatable bonds is 8. The summed E-state index contributed by atoms with van der Waals surface area (Å²) in [5.74, 6) is 1.25. The number of nitrogens with one attached hydrogen (secondary N) is 2. The molecule has 2 N–H and O–H groups in total. The molecule has 7 nitrogen and oxygen atoms in total. The van der Waals surface area contributed by atoms with Gasteiger partial charge in [-0.05, 0) is 120 Å². The highest BCUT2D eigenvalue weighted by Crippen LogP contribution is 2.34. The predicted molar refractivity (Wildman–Crippen MR) is 176 cm³/mol. The minimum Gasteiger partial charge on any atom is -0.453 e. The van der Waals surface area contributed by atoms with Crippen LogP contribution in [-0.4, -0.2) is 80.1 Å². The van der Waals surface area contributed by atoms with Crippen LogP contribution in [0.25, 0.3) is 12.2 Å². The molecule has 0 spiro atoms. The van der Waals surface area contributed by atoms with Crippen molar-refractivity contribution in [1.29, 1.82) is 0 Å². The molecule has 1 aromatic carbocycles. The van der Waals surface area contributed by atoms with Crippen LogP contribution in [0.4, 0.5) is 4.79 Å². The Balaban J connectivity index is 0.000000396. The van der Waals surface area contributed by atoms with Crippen LogP contribution in [-0.2, 0) is 9.53 Å². The van der Waals surface area contributed by atoms with E-state index in [2.05, 4.69) is 59.3 Å². The lowest BCUT2D eigenvalue weighted by molar-refractivity contribution is -0.104. The molecule has 7 heteroatoms. The molecule has 42 heavy (non-hydrogen) atoms. The molecular formula is C35H54N4O3. The Morgan fingerprint density at radius 3 is 2.38 bits per heavy atom. The number of benzene rings is 1. The number of aromatic nitrogens is 1. The fourth-order valence-electron chi connectivity index (χ4n) is 6.02. The lowest BCUT2D eigenvalue weighted by Crippen LogP contribution is -2.52. The molecule has 2 aromatic rings. The summed E-state index contributed by atoms with van der Waals surface area (Å²) in [6.07, 6.45) is 15.0. The average Bonchev–Trinajstić information content (AvgIpc) is 3.38. The molecule has 2 saturated heterocycles. The molecule has 3 heterocycles. The molecule has 0 bridgehead atoms. The molecule has 0 aliphatic carbocycles. The lowest BCUT2D eigenvalue weighted by atomic mass is 9.84. The van der Waals surface area contributed by atoms with E-state index < -0.39 is 0 Å². The number of carbonyl (C=O) groups excluding carboxylic acids is 2. The van der Waals surface area contributed by atoms with E-state index in [0.717, 1.165) is 38.0 Å². The fraction of sp³-hybridized carbons (Fsp3) is 0.543. The largest absolute Gasteiger partial charge is 0.453 e. The second-order valence-corrected chi connectivity index (χ2v) is 11.1. The van der Waals surface area contributed by atoms with Crippen molar-refractivity contribution in [2.45, 2.75) is 72.3 Å². The summed E-state index contributed by atoms with van der Waals surface area (Å²) in [6.45, 7) is 15.5. The first kappa shape index (κ1) is 35.0. The van der Waals surface area contributed by atoms with Gasteiger partial charge in [-0.1, -0.05) is 55.8 Å². The maximum absolute atomic E-state index is 11.7.